The zero-order valence-electron chi connectivity index (χ0n) is 14.1. The molecule has 0 radical (unpaired) electrons. The highest BCUT2D eigenvalue weighted by Crippen LogP contribution is 2.31. The van der Waals surface area contributed by atoms with Crippen molar-refractivity contribution in [2.24, 2.45) is 0 Å². The van der Waals surface area contributed by atoms with Gasteiger partial charge in [-0.05, 0) is 39.7 Å². The van der Waals surface area contributed by atoms with E-state index in [2.05, 4.69) is 20.1 Å². The van der Waals surface area contributed by atoms with Crippen LogP contribution >= 0.6 is 0 Å². The Morgan fingerprint density at radius 2 is 2.12 bits per heavy atom. The molecule has 4 heterocycles. The second-order valence-electron chi connectivity index (χ2n) is 6.45. The highest BCUT2D eigenvalue weighted by Gasteiger charge is 2.33. The van der Waals surface area contributed by atoms with Gasteiger partial charge in [0.05, 0.1) is 6.04 Å². The van der Waals surface area contributed by atoms with Crippen LogP contribution < -0.4 is 0 Å². The monoisotopic (exact) mass is 324 g/mol. The average Bonchev–Trinajstić information content (AvgIpc) is 3.23. The van der Waals surface area contributed by atoms with E-state index in [-0.39, 0.29) is 11.9 Å². The summed E-state index contributed by atoms with van der Waals surface area (Å²) in [5, 5.41) is 4.46. The summed E-state index contributed by atoms with van der Waals surface area (Å²) >= 11 is 0. The van der Waals surface area contributed by atoms with Gasteiger partial charge in [-0.1, -0.05) is 0 Å². The minimum Gasteiger partial charge on any atom is -0.344 e. The maximum atomic E-state index is 13.0. The van der Waals surface area contributed by atoms with Crippen molar-refractivity contribution in [1.29, 1.82) is 0 Å². The Morgan fingerprint density at radius 1 is 1.29 bits per heavy atom. The van der Waals surface area contributed by atoms with Crippen LogP contribution in [0.15, 0.2) is 18.3 Å². The molecule has 1 amide bonds. The van der Waals surface area contributed by atoms with E-state index in [9.17, 15) is 4.79 Å². The fourth-order valence-electron chi connectivity index (χ4n) is 3.43. The molecule has 3 aromatic heterocycles. The largest absolute Gasteiger partial charge is 0.344 e. The topological polar surface area (TPSA) is 79.2 Å². The van der Waals surface area contributed by atoms with Crippen molar-refractivity contribution in [1.82, 2.24) is 29.5 Å². The number of H-pyrrole nitrogens is 1. The van der Waals surface area contributed by atoms with E-state index in [0.717, 1.165) is 42.3 Å². The number of nitrogens with zero attached hydrogens (tertiary/aromatic N) is 5. The fourth-order valence-corrected chi connectivity index (χ4v) is 3.43. The Labute approximate surface area is 139 Å². The molecule has 0 aromatic carbocycles. The number of aromatic amines is 1. The lowest BCUT2D eigenvalue weighted by molar-refractivity contribution is 0.0724. The van der Waals surface area contributed by atoms with Crippen molar-refractivity contribution in [2.75, 3.05) is 6.54 Å². The van der Waals surface area contributed by atoms with Crippen molar-refractivity contribution >= 4 is 11.6 Å². The highest BCUT2D eigenvalue weighted by molar-refractivity contribution is 5.93. The Hall–Kier alpha value is -2.70. The number of aromatic nitrogens is 5. The van der Waals surface area contributed by atoms with E-state index in [4.69, 9.17) is 0 Å². The number of hydrogen-bond acceptors (Lipinski definition) is 4. The zero-order valence-corrected chi connectivity index (χ0v) is 14.1. The molecule has 0 aliphatic carbocycles. The minimum atomic E-state index is -0.0610. The van der Waals surface area contributed by atoms with E-state index in [1.54, 1.807) is 16.8 Å². The highest BCUT2D eigenvalue weighted by atomic mass is 16.2. The molecular formula is C17H20N6O. The smallest absolute Gasteiger partial charge is 0.275 e. The van der Waals surface area contributed by atoms with Crippen molar-refractivity contribution in [2.45, 2.75) is 39.7 Å². The summed E-state index contributed by atoms with van der Waals surface area (Å²) in [6.45, 7) is 6.60. The lowest BCUT2D eigenvalue weighted by Crippen LogP contribution is -2.31. The molecule has 1 fully saturated rings. The molecule has 124 valence electrons. The summed E-state index contributed by atoms with van der Waals surface area (Å²) in [4.78, 5) is 27.0. The third-order valence-electron chi connectivity index (χ3n) is 4.50. The first-order chi connectivity index (χ1) is 11.5. The summed E-state index contributed by atoms with van der Waals surface area (Å²) in [5.74, 6) is 0.793. The molecule has 0 saturated carbocycles. The predicted molar refractivity (Wildman–Crippen MR) is 88.8 cm³/mol. The van der Waals surface area contributed by atoms with Gasteiger partial charge in [0.2, 0.25) is 0 Å². The lowest BCUT2D eigenvalue weighted by atomic mass is 10.2. The quantitative estimate of drug-likeness (QED) is 0.785. The van der Waals surface area contributed by atoms with Gasteiger partial charge in [-0.2, -0.15) is 5.10 Å². The summed E-state index contributed by atoms with van der Waals surface area (Å²) < 4.78 is 1.72. The second-order valence-corrected chi connectivity index (χ2v) is 6.45. The molecule has 7 nitrogen and oxygen atoms in total. The van der Waals surface area contributed by atoms with Crippen LogP contribution in [-0.2, 0) is 0 Å². The first-order valence-electron chi connectivity index (χ1n) is 8.19. The number of imidazole rings is 1. The number of likely N-dealkylation sites (tertiary alicyclic amines) is 1. The number of carbonyl (C=O) groups is 1. The van der Waals surface area contributed by atoms with Crippen LogP contribution in [0, 0.1) is 20.8 Å². The van der Waals surface area contributed by atoms with Crippen molar-refractivity contribution in [3.63, 3.8) is 0 Å². The zero-order chi connectivity index (χ0) is 16.8. The van der Waals surface area contributed by atoms with Gasteiger partial charge < -0.3 is 9.88 Å². The van der Waals surface area contributed by atoms with Crippen molar-refractivity contribution in [3.8, 4) is 0 Å². The van der Waals surface area contributed by atoms with Crippen LogP contribution in [0.25, 0.3) is 5.65 Å². The van der Waals surface area contributed by atoms with E-state index < -0.39 is 0 Å². The molecule has 0 bridgehead atoms. The van der Waals surface area contributed by atoms with Gasteiger partial charge in [0.1, 0.15) is 5.82 Å². The van der Waals surface area contributed by atoms with Gasteiger partial charge >= 0.3 is 0 Å². The van der Waals surface area contributed by atoms with Gasteiger partial charge in [-0.15, -0.1) is 0 Å². The Kier molecular flexibility index (Phi) is 3.37. The van der Waals surface area contributed by atoms with Crippen molar-refractivity contribution in [3.05, 3.63) is 46.9 Å². The molecule has 24 heavy (non-hydrogen) atoms. The molecule has 1 aliphatic heterocycles. The number of nitrogens with one attached hydrogen (secondary N) is 1. The third kappa shape index (κ3) is 2.36. The van der Waals surface area contributed by atoms with Gasteiger partial charge in [-0.3, -0.25) is 4.79 Å². The predicted octanol–water partition coefficient (Wildman–Crippen LogP) is 2.35. The normalized spacial score (nSPS) is 17.8. The summed E-state index contributed by atoms with van der Waals surface area (Å²) in [6, 6.07) is 3.72. The van der Waals surface area contributed by atoms with Crippen LogP contribution in [0.4, 0.5) is 0 Å². The van der Waals surface area contributed by atoms with E-state index >= 15 is 0 Å². The first kappa shape index (κ1) is 14.9. The molecule has 3 aromatic rings. The maximum absolute atomic E-state index is 13.0. The molecule has 1 aliphatic rings. The van der Waals surface area contributed by atoms with Gasteiger partial charge in [0.25, 0.3) is 5.91 Å². The Balaban J connectivity index is 1.69. The van der Waals surface area contributed by atoms with Gasteiger partial charge in [0, 0.05) is 35.9 Å². The summed E-state index contributed by atoms with van der Waals surface area (Å²) in [6.07, 6.45) is 3.69. The lowest BCUT2D eigenvalue weighted by Gasteiger charge is -2.22. The minimum absolute atomic E-state index is 0.00759. The van der Waals surface area contributed by atoms with Crippen molar-refractivity contribution < 1.29 is 4.79 Å². The second kappa shape index (κ2) is 5.43. The number of hydrogen-bond donors (Lipinski definition) is 1. The Morgan fingerprint density at radius 3 is 2.88 bits per heavy atom. The third-order valence-corrected chi connectivity index (χ3v) is 4.50. The number of carbonyl (C=O) groups excluding carboxylic acids is 1. The van der Waals surface area contributed by atoms with E-state index in [1.165, 1.54) is 0 Å². The number of aryl methyl sites for hydroxylation is 3. The van der Waals surface area contributed by atoms with E-state index in [1.807, 2.05) is 31.7 Å². The molecule has 1 atom stereocenters. The van der Waals surface area contributed by atoms with Crippen LogP contribution in [0.3, 0.4) is 0 Å². The van der Waals surface area contributed by atoms with E-state index in [0.29, 0.717) is 11.3 Å². The summed E-state index contributed by atoms with van der Waals surface area (Å²) in [7, 11) is 0. The standard InChI is InChI=1S/C17H20N6O/c1-10-7-12(3)23-15(19-10)8-13(21-23)17(24)22-6-4-5-14(22)16-18-9-11(2)20-16/h7-9,14H,4-6H2,1-3H3,(H,18,20)/t14-/m1/s1. The molecule has 0 unspecified atom stereocenters. The number of fused-ring (bicyclic) bond motifs is 1. The maximum Gasteiger partial charge on any atom is 0.275 e. The molecule has 1 saturated heterocycles. The van der Waals surface area contributed by atoms with Crippen LogP contribution in [-0.4, -0.2) is 41.9 Å². The summed E-state index contributed by atoms with van der Waals surface area (Å²) in [5.41, 5.74) is 4.04. The van der Waals surface area contributed by atoms with Gasteiger partial charge in [-0.25, -0.2) is 14.5 Å². The van der Waals surface area contributed by atoms with Crippen LogP contribution in [0.5, 0.6) is 0 Å². The fraction of sp³-hybridized carbons (Fsp3) is 0.412. The Bertz CT molecular complexity index is 924. The number of rotatable bonds is 2. The molecule has 1 N–H and O–H groups in total. The molecular weight excluding hydrogens is 304 g/mol. The van der Waals surface area contributed by atoms with Crippen LogP contribution in [0.1, 0.15) is 52.3 Å². The average molecular weight is 324 g/mol. The first-order valence-corrected chi connectivity index (χ1v) is 8.19. The molecule has 7 heteroatoms. The molecule has 0 spiro atoms. The molecule has 4 rings (SSSR count). The van der Waals surface area contributed by atoms with Crippen LogP contribution in [0.2, 0.25) is 0 Å². The SMILES string of the molecule is Cc1cc(C)n2nc(C(=O)N3CCC[C@@H]3c3ncc(C)[nH]3)cc2n1. The van der Waals surface area contributed by atoms with Gasteiger partial charge in [0.15, 0.2) is 11.3 Å². The number of amides is 1.